The lowest BCUT2D eigenvalue weighted by molar-refractivity contribution is -0.114. The summed E-state index contributed by atoms with van der Waals surface area (Å²) in [6.07, 6.45) is 0. The molecule has 0 spiro atoms. The summed E-state index contributed by atoms with van der Waals surface area (Å²) < 4.78 is 10.7. The van der Waals surface area contributed by atoms with Gasteiger partial charge >= 0.3 is 0 Å². The van der Waals surface area contributed by atoms with Gasteiger partial charge in [-0.05, 0) is 36.2 Å². The second-order valence-corrected chi connectivity index (χ2v) is 6.93. The van der Waals surface area contributed by atoms with Crippen LogP contribution in [0.15, 0.2) is 48.5 Å². The second-order valence-electron chi connectivity index (χ2n) is 6.93. The Morgan fingerprint density at radius 2 is 1.86 bits per heavy atom. The Labute approximate surface area is 171 Å². The molecule has 2 rings (SSSR count). The molecule has 0 atom stereocenters. The number of hydrogen-bond acceptors (Lipinski definition) is 5. The molecule has 0 bridgehead atoms. The van der Waals surface area contributed by atoms with Gasteiger partial charge in [0.2, 0.25) is 5.91 Å². The van der Waals surface area contributed by atoms with E-state index in [-0.39, 0.29) is 18.4 Å². The molecule has 0 unspecified atom stereocenters. The van der Waals surface area contributed by atoms with Gasteiger partial charge in [0.1, 0.15) is 5.75 Å². The van der Waals surface area contributed by atoms with Crippen LogP contribution < -0.4 is 20.7 Å². The van der Waals surface area contributed by atoms with Crippen LogP contribution in [0.5, 0.6) is 5.75 Å². The molecule has 29 heavy (non-hydrogen) atoms. The van der Waals surface area contributed by atoms with Crippen molar-refractivity contribution in [3.05, 3.63) is 54.1 Å². The number of hydrogen-bond donors (Lipinski definition) is 3. The minimum atomic E-state index is -0.222. The average Bonchev–Trinajstić information content (AvgIpc) is 2.71. The minimum absolute atomic E-state index is 0.0757. The van der Waals surface area contributed by atoms with E-state index in [0.29, 0.717) is 42.7 Å². The van der Waals surface area contributed by atoms with E-state index in [1.54, 1.807) is 31.4 Å². The highest BCUT2D eigenvalue weighted by atomic mass is 16.5. The molecule has 0 saturated carbocycles. The maximum Gasteiger partial charge on any atom is 0.251 e. The number of nitrogens with one attached hydrogen (secondary N) is 3. The third-order valence-corrected chi connectivity index (χ3v) is 3.90. The Balaban J connectivity index is 1.90. The third-order valence-electron chi connectivity index (χ3n) is 3.90. The smallest absolute Gasteiger partial charge is 0.251 e. The zero-order chi connectivity index (χ0) is 21.1. The Morgan fingerprint density at radius 1 is 1.07 bits per heavy atom. The van der Waals surface area contributed by atoms with E-state index in [0.717, 1.165) is 5.69 Å². The summed E-state index contributed by atoms with van der Waals surface area (Å²) in [5, 5.41) is 8.65. The lowest BCUT2D eigenvalue weighted by Gasteiger charge is -2.14. The molecule has 0 aliphatic rings. The molecule has 2 aromatic rings. The van der Waals surface area contributed by atoms with Crippen LogP contribution in [0.25, 0.3) is 0 Å². The van der Waals surface area contributed by atoms with E-state index in [4.69, 9.17) is 9.47 Å². The number of carbonyl (C=O) groups is 2. The molecule has 2 aromatic carbocycles. The molecule has 0 aliphatic carbocycles. The number of amides is 2. The van der Waals surface area contributed by atoms with E-state index >= 15 is 0 Å². The first kappa shape index (κ1) is 22.2. The van der Waals surface area contributed by atoms with Gasteiger partial charge in [-0.2, -0.15) is 0 Å². The summed E-state index contributed by atoms with van der Waals surface area (Å²) in [4.78, 5) is 24.4. The number of methoxy groups -OCH3 is 1. The maximum atomic E-state index is 12.3. The van der Waals surface area contributed by atoms with Crippen LogP contribution >= 0.6 is 0 Å². The first-order valence-corrected chi connectivity index (χ1v) is 9.62. The summed E-state index contributed by atoms with van der Waals surface area (Å²) >= 11 is 0. The van der Waals surface area contributed by atoms with Crippen LogP contribution in [0.4, 0.5) is 11.4 Å². The molecule has 0 fully saturated rings. The molecule has 7 heteroatoms. The molecule has 2 amide bonds. The van der Waals surface area contributed by atoms with Gasteiger partial charge in [-0.15, -0.1) is 0 Å². The SMILES string of the molecule is COCCNC(=O)c1cccc(NC(=O)CNc2ccccc2OCC(C)C)c1. The first-order chi connectivity index (χ1) is 14.0. The predicted molar refractivity (Wildman–Crippen MR) is 115 cm³/mol. The van der Waals surface area contributed by atoms with E-state index in [9.17, 15) is 9.59 Å². The number of ether oxygens (including phenoxy) is 2. The molecule has 0 heterocycles. The molecule has 0 aromatic heterocycles. The van der Waals surface area contributed by atoms with E-state index in [1.165, 1.54) is 0 Å². The van der Waals surface area contributed by atoms with Crippen LogP contribution in [-0.2, 0) is 9.53 Å². The highest BCUT2D eigenvalue weighted by molar-refractivity contribution is 5.98. The van der Waals surface area contributed by atoms with Gasteiger partial charge in [-0.25, -0.2) is 0 Å². The molecular formula is C22H29N3O4. The molecule has 0 aliphatic heterocycles. The molecule has 156 valence electrons. The summed E-state index contributed by atoms with van der Waals surface area (Å²) in [7, 11) is 1.57. The summed E-state index contributed by atoms with van der Waals surface area (Å²) in [6, 6.07) is 14.3. The lowest BCUT2D eigenvalue weighted by atomic mass is 10.2. The van der Waals surface area contributed by atoms with Gasteiger partial charge in [0.25, 0.3) is 5.91 Å². The van der Waals surface area contributed by atoms with Crippen molar-refractivity contribution in [1.82, 2.24) is 5.32 Å². The molecule has 0 radical (unpaired) electrons. The number of rotatable bonds is 11. The Hall–Kier alpha value is -3.06. The average molecular weight is 399 g/mol. The Kier molecular flexibility index (Phi) is 8.98. The van der Waals surface area contributed by atoms with Gasteiger partial charge in [-0.3, -0.25) is 9.59 Å². The summed E-state index contributed by atoms with van der Waals surface area (Å²) in [6.45, 7) is 5.70. The van der Waals surface area contributed by atoms with Gasteiger partial charge in [0.15, 0.2) is 0 Å². The molecule has 3 N–H and O–H groups in total. The van der Waals surface area contributed by atoms with E-state index in [1.807, 2.05) is 24.3 Å². The van der Waals surface area contributed by atoms with E-state index < -0.39 is 0 Å². The van der Waals surface area contributed by atoms with Crippen molar-refractivity contribution in [3.63, 3.8) is 0 Å². The van der Waals surface area contributed by atoms with Crippen molar-refractivity contribution < 1.29 is 19.1 Å². The van der Waals surface area contributed by atoms with Crippen molar-refractivity contribution in [3.8, 4) is 5.75 Å². The zero-order valence-corrected chi connectivity index (χ0v) is 17.2. The fraction of sp³-hybridized carbons (Fsp3) is 0.364. The number of benzene rings is 2. The van der Waals surface area contributed by atoms with Crippen molar-refractivity contribution in [2.24, 2.45) is 5.92 Å². The highest BCUT2D eigenvalue weighted by Gasteiger charge is 2.09. The van der Waals surface area contributed by atoms with Gasteiger partial charge in [0, 0.05) is 24.9 Å². The normalized spacial score (nSPS) is 10.5. The standard InChI is InChI=1S/C22H29N3O4/c1-16(2)15-29-20-10-5-4-9-19(20)24-14-21(26)25-18-8-6-7-17(13-18)22(27)23-11-12-28-3/h4-10,13,16,24H,11-12,14-15H2,1-3H3,(H,23,27)(H,25,26). The highest BCUT2D eigenvalue weighted by Crippen LogP contribution is 2.24. The van der Waals surface area contributed by atoms with Crippen LogP contribution in [0, 0.1) is 5.92 Å². The van der Waals surface area contributed by atoms with Crippen LogP contribution in [0.3, 0.4) is 0 Å². The second kappa shape index (κ2) is 11.7. The van der Waals surface area contributed by atoms with Crippen molar-refractivity contribution in [2.45, 2.75) is 13.8 Å². The van der Waals surface area contributed by atoms with Crippen molar-refractivity contribution in [2.75, 3.05) is 44.0 Å². The fourth-order valence-corrected chi connectivity index (χ4v) is 2.48. The van der Waals surface area contributed by atoms with Crippen molar-refractivity contribution in [1.29, 1.82) is 0 Å². The van der Waals surface area contributed by atoms with Crippen molar-refractivity contribution >= 4 is 23.2 Å². The molecule has 0 saturated heterocycles. The molecule has 7 nitrogen and oxygen atoms in total. The number of carbonyl (C=O) groups excluding carboxylic acids is 2. The quantitative estimate of drug-likeness (QED) is 0.505. The van der Waals surface area contributed by atoms with Crippen LogP contribution in [0.2, 0.25) is 0 Å². The maximum absolute atomic E-state index is 12.3. The minimum Gasteiger partial charge on any atom is -0.491 e. The van der Waals surface area contributed by atoms with Gasteiger partial charge in [-0.1, -0.05) is 32.0 Å². The van der Waals surface area contributed by atoms with E-state index in [2.05, 4.69) is 29.8 Å². The van der Waals surface area contributed by atoms with Crippen LogP contribution in [-0.4, -0.2) is 45.2 Å². The number of para-hydroxylation sites is 2. The summed E-state index contributed by atoms with van der Waals surface area (Å²) in [5.41, 5.74) is 1.79. The zero-order valence-electron chi connectivity index (χ0n) is 17.2. The Morgan fingerprint density at radius 3 is 2.62 bits per heavy atom. The third kappa shape index (κ3) is 7.83. The van der Waals surface area contributed by atoms with Crippen LogP contribution in [0.1, 0.15) is 24.2 Å². The predicted octanol–water partition coefficient (Wildman–Crippen LogP) is 3.15. The largest absolute Gasteiger partial charge is 0.491 e. The number of anilines is 2. The van der Waals surface area contributed by atoms with Gasteiger partial charge < -0.3 is 25.4 Å². The molecular weight excluding hydrogens is 370 g/mol. The fourth-order valence-electron chi connectivity index (χ4n) is 2.48. The summed E-state index contributed by atoms with van der Waals surface area (Å²) in [5.74, 6) is 0.683. The monoisotopic (exact) mass is 399 g/mol. The lowest BCUT2D eigenvalue weighted by Crippen LogP contribution is -2.27. The topological polar surface area (TPSA) is 88.7 Å². The first-order valence-electron chi connectivity index (χ1n) is 9.62. The van der Waals surface area contributed by atoms with Gasteiger partial charge in [0.05, 0.1) is 25.4 Å². The Bertz CT molecular complexity index is 808.